The first-order valence-electron chi connectivity index (χ1n) is 8.22. The molecule has 5 nitrogen and oxygen atoms in total. The van der Waals surface area contributed by atoms with Gasteiger partial charge in [-0.15, -0.1) is 0 Å². The van der Waals surface area contributed by atoms with Crippen molar-refractivity contribution < 1.29 is 9.53 Å². The van der Waals surface area contributed by atoms with E-state index in [1.54, 1.807) is 0 Å². The van der Waals surface area contributed by atoms with Crippen molar-refractivity contribution in [2.24, 2.45) is 5.92 Å². The molecule has 2 aliphatic rings. The van der Waals surface area contributed by atoms with Crippen LogP contribution in [0.2, 0.25) is 0 Å². The Morgan fingerprint density at radius 2 is 2.14 bits per heavy atom. The second kappa shape index (κ2) is 7.72. The summed E-state index contributed by atoms with van der Waals surface area (Å²) in [5.41, 5.74) is 2.13. The predicted molar refractivity (Wildman–Crippen MR) is 86.8 cm³/mol. The summed E-state index contributed by atoms with van der Waals surface area (Å²) in [4.78, 5) is 14.8. The van der Waals surface area contributed by atoms with Gasteiger partial charge >= 0.3 is 0 Å². The van der Waals surface area contributed by atoms with E-state index in [9.17, 15) is 4.79 Å². The van der Waals surface area contributed by atoms with Gasteiger partial charge in [0.15, 0.2) is 0 Å². The molecule has 1 aromatic rings. The fourth-order valence-corrected chi connectivity index (χ4v) is 3.09. The normalized spacial score (nSPS) is 23.2. The monoisotopic (exact) mass is 303 g/mol. The first-order chi connectivity index (χ1) is 10.8. The number of para-hydroxylation sites is 1. The Morgan fingerprint density at radius 1 is 1.32 bits per heavy atom. The smallest absolute Gasteiger partial charge is 0.228 e. The molecule has 1 aromatic carbocycles. The maximum Gasteiger partial charge on any atom is 0.228 e. The van der Waals surface area contributed by atoms with Crippen LogP contribution in [-0.4, -0.2) is 50.2 Å². The zero-order valence-corrected chi connectivity index (χ0v) is 13.0. The molecule has 2 fully saturated rings. The number of rotatable bonds is 4. The molecule has 2 heterocycles. The second-order valence-corrected chi connectivity index (χ2v) is 6.08. The molecule has 2 saturated heterocycles. The van der Waals surface area contributed by atoms with Crippen LogP contribution in [0.1, 0.15) is 18.4 Å². The minimum absolute atomic E-state index is 0.0881. The number of carbonyl (C=O) groups excluding carboxylic acids is 1. The Kier molecular flexibility index (Phi) is 5.43. The molecule has 1 amide bonds. The molecule has 1 unspecified atom stereocenters. The van der Waals surface area contributed by atoms with Gasteiger partial charge in [-0.05, 0) is 31.0 Å². The molecule has 2 N–H and O–H groups in total. The van der Waals surface area contributed by atoms with E-state index in [2.05, 4.69) is 21.6 Å². The zero-order chi connectivity index (χ0) is 15.2. The van der Waals surface area contributed by atoms with E-state index >= 15 is 0 Å². The summed E-state index contributed by atoms with van der Waals surface area (Å²) in [5.74, 6) is 0.229. The predicted octanol–water partition coefficient (Wildman–Crippen LogP) is 1.46. The van der Waals surface area contributed by atoms with Crippen LogP contribution < -0.4 is 10.6 Å². The van der Waals surface area contributed by atoms with Gasteiger partial charge in [-0.1, -0.05) is 18.2 Å². The van der Waals surface area contributed by atoms with Gasteiger partial charge in [0.05, 0.1) is 19.1 Å². The average molecular weight is 303 g/mol. The highest BCUT2D eigenvalue weighted by Crippen LogP contribution is 2.20. The van der Waals surface area contributed by atoms with Crippen LogP contribution in [0.4, 0.5) is 5.69 Å². The van der Waals surface area contributed by atoms with E-state index in [1.165, 1.54) is 5.56 Å². The Labute approximate surface area is 132 Å². The van der Waals surface area contributed by atoms with Crippen molar-refractivity contribution in [3.05, 3.63) is 29.8 Å². The van der Waals surface area contributed by atoms with Crippen LogP contribution in [0.3, 0.4) is 0 Å². The number of nitrogens with zero attached hydrogens (tertiary/aromatic N) is 1. The molecule has 22 heavy (non-hydrogen) atoms. The fraction of sp³-hybridized carbons (Fsp3) is 0.588. The van der Waals surface area contributed by atoms with Crippen LogP contribution in [0.25, 0.3) is 0 Å². The minimum Gasteiger partial charge on any atom is -0.379 e. The van der Waals surface area contributed by atoms with Crippen LogP contribution in [0.5, 0.6) is 0 Å². The number of anilines is 1. The van der Waals surface area contributed by atoms with E-state index in [0.29, 0.717) is 0 Å². The van der Waals surface area contributed by atoms with Crippen molar-refractivity contribution >= 4 is 11.6 Å². The van der Waals surface area contributed by atoms with Crippen LogP contribution in [0, 0.1) is 5.92 Å². The van der Waals surface area contributed by atoms with Crippen molar-refractivity contribution in [1.82, 2.24) is 10.2 Å². The lowest BCUT2D eigenvalue weighted by molar-refractivity contribution is -0.120. The number of piperidine rings is 1. The van der Waals surface area contributed by atoms with Crippen LogP contribution in [0.15, 0.2) is 24.3 Å². The first kappa shape index (κ1) is 15.5. The van der Waals surface area contributed by atoms with Gasteiger partial charge in [-0.2, -0.15) is 0 Å². The van der Waals surface area contributed by atoms with Crippen molar-refractivity contribution in [3.63, 3.8) is 0 Å². The lowest BCUT2D eigenvalue weighted by atomic mass is 9.98. The van der Waals surface area contributed by atoms with Gasteiger partial charge in [0.25, 0.3) is 0 Å². The molecular formula is C17H25N3O2. The molecule has 0 saturated carbocycles. The molecule has 120 valence electrons. The Hall–Kier alpha value is -1.43. The summed E-state index contributed by atoms with van der Waals surface area (Å²) in [7, 11) is 0. The van der Waals surface area contributed by atoms with Gasteiger partial charge in [-0.3, -0.25) is 9.69 Å². The first-order valence-corrected chi connectivity index (χ1v) is 8.22. The van der Waals surface area contributed by atoms with E-state index in [-0.39, 0.29) is 11.8 Å². The average Bonchev–Trinajstić information content (AvgIpc) is 2.58. The largest absolute Gasteiger partial charge is 0.379 e. The lowest BCUT2D eigenvalue weighted by Crippen LogP contribution is -2.38. The molecule has 0 aliphatic carbocycles. The van der Waals surface area contributed by atoms with Crippen LogP contribution in [-0.2, 0) is 16.1 Å². The van der Waals surface area contributed by atoms with Gasteiger partial charge in [0, 0.05) is 31.9 Å². The third-order valence-corrected chi connectivity index (χ3v) is 4.44. The van der Waals surface area contributed by atoms with Crippen molar-refractivity contribution in [2.75, 3.05) is 44.7 Å². The van der Waals surface area contributed by atoms with E-state index in [4.69, 9.17) is 4.74 Å². The standard InChI is InChI=1S/C17H25N3O2/c21-17(14-5-3-7-18-12-14)19-16-6-2-1-4-15(16)13-20-8-10-22-11-9-20/h1-2,4,6,14,18H,3,5,7-13H2,(H,19,21). The number of hydrogen-bond donors (Lipinski definition) is 2. The summed E-state index contributed by atoms with van der Waals surface area (Å²) >= 11 is 0. The number of nitrogens with one attached hydrogen (secondary N) is 2. The molecule has 5 heteroatoms. The summed E-state index contributed by atoms with van der Waals surface area (Å²) in [5, 5.41) is 6.43. The number of benzene rings is 1. The number of morpholine rings is 1. The highest BCUT2D eigenvalue weighted by molar-refractivity contribution is 5.93. The number of ether oxygens (including phenoxy) is 1. The van der Waals surface area contributed by atoms with Gasteiger partial charge in [0.1, 0.15) is 0 Å². The Morgan fingerprint density at radius 3 is 2.91 bits per heavy atom. The number of hydrogen-bond acceptors (Lipinski definition) is 4. The fourth-order valence-electron chi connectivity index (χ4n) is 3.09. The molecule has 2 aliphatic heterocycles. The molecular weight excluding hydrogens is 278 g/mol. The molecule has 0 bridgehead atoms. The maximum absolute atomic E-state index is 12.4. The van der Waals surface area contributed by atoms with Crippen molar-refractivity contribution in [1.29, 1.82) is 0 Å². The quantitative estimate of drug-likeness (QED) is 0.884. The third kappa shape index (κ3) is 4.06. The van der Waals surface area contributed by atoms with Crippen molar-refractivity contribution in [2.45, 2.75) is 19.4 Å². The number of amides is 1. The number of carbonyl (C=O) groups is 1. The third-order valence-electron chi connectivity index (χ3n) is 4.44. The molecule has 3 rings (SSSR count). The molecule has 0 spiro atoms. The van der Waals surface area contributed by atoms with Gasteiger partial charge in [0.2, 0.25) is 5.91 Å². The summed E-state index contributed by atoms with van der Waals surface area (Å²) in [6.45, 7) is 6.17. The van der Waals surface area contributed by atoms with E-state index in [1.807, 2.05) is 18.2 Å². The van der Waals surface area contributed by atoms with Gasteiger partial charge < -0.3 is 15.4 Å². The van der Waals surface area contributed by atoms with Gasteiger partial charge in [-0.25, -0.2) is 0 Å². The highest BCUT2D eigenvalue weighted by atomic mass is 16.5. The van der Waals surface area contributed by atoms with Crippen LogP contribution >= 0.6 is 0 Å². The lowest BCUT2D eigenvalue weighted by Gasteiger charge is -2.28. The molecule has 0 radical (unpaired) electrons. The van der Waals surface area contributed by atoms with Crippen molar-refractivity contribution in [3.8, 4) is 0 Å². The summed E-state index contributed by atoms with van der Waals surface area (Å²) in [6, 6.07) is 8.12. The Bertz CT molecular complexity index is 494. The van der Waals surface area contributed by atoms with E-state index < -0.39 is 0 Å². The SMILES string of the molecule is O=C(Nc1ccccc1CN1CCOCC1)C1CCCNC1. The highest BCUT2D eigenvalue weighted by Gasteiger charge is 2.22. The van der Waals surface area contributed by atoms with E-state index in [0.717, 1.165) is 64.5 Å². The minimum atomic E-state index is 0.0881. The maximum atomic E-state index is 12.4. The molecule has 1 atom stereocenters. The second-order valence-electron chi connectivity index (χ2n) is 6.08. The summed E-state index contributed by atoms with van der Waals surface area (Å²) in [6.07, 6.45) is 2.05. The Balaban J connectivity index is 1.63. The zero-order valence-electron chi connectivity index (χ0n) is 13.0. The molecule has 0 aromatic heterocycles. The summed E-state index contributed by atoms with van der Waals surface area (Å²) < 4.78 is 5.39. The topological polar surface area (TPSA) is 53.6 Å².